The van der Waals surface area contributed by atoms with Crippen molar-refractivity contribution in [3.8, 4) is 0 Å². The van der Waals surface area contributed by atoms with Gasteiger partial charge >= 0.3 is 5.97 Å². The number of carbonyl (C=O) groups excluding carboxylic acids is 1. The van der Waals surface area contributed by atoms with Crippen molar-refractivity contribution in [3.05, 3.63) is 58.0 Å². The van der Waals surface area contributed by atoms with Gasteiger partial charge in [0, 0.05) is 12.2 Å². The first-order valence-corrected chi connectivity index (χ1v) is 11.5. The molecule has 172 valence electrons. The number of pyridine rings is 1. The van der Waals surface area contributed by atoms with Gasteiger partial charge in [-0.2, -0.15) is 0 Å². The molecule has 32 heavy (non-hydrogen) atoms. The van der Waals surface area contributed by atoms with E-state index in [-0.39, 0.29) is 10.6 Å². The molecule has 6 nitrogen and oxygen atoms in total. The zero-order chi connectivity index (χ0) is 22.9. The van der Waals surface area contributed by atoms with E-state index in [1.54, 1.807) is 0 Å². The third-order valence-electron chi connectivity index (χ3n) is 5.68. The maximum absolute atomic E-state index is 13.5. The van der Waals surface area contributed by atoms with E-state index in [9.17, 15) is 19.1 Å². The number of anilines is 1. The van der Waals surface area contributed by atoms with Gasteiger partial charge in [0.2, 0.25) is 0 Å². The number of hydrogen-bond donors (Lipinski definition) is 3. The predicted molar refractivity (Wildman–Crippen MR) is 123 cm³/mol. The Kier molecular flexibility index (Phi) is 8.85. The number of carbonyl (C=O) groups is 2. The molecule has 3 N–H and O–H groups in total. The Hall–Kier alpha value is -2.67. The Labute approximate surface area is 192 Å². The third-order valence-corrected chi connectivity index (χ3v) is 6.06. The highest BCUT2D eigenvalue weighted by Crippen LogP contribution is 2.21. The average molecular weight is 462 g/mol. The van der Waals surface area contributed by atoms with Crippen LogP contribution in [0, 0.1) is 5.82 Å². The monoisotopic (exact) mass is 461 g/mol. The lowest BCUT2D eigenvalue weighted by Gasteiger charge is -2.17. The number of carboxylic acid groups (broad SMARTS) is 1. The van der Waals surface area contributed by atoms with Gasteiger partial charge in [0.15, 0.2) is 0 Å². The van der Waals surface area contributed by atoms with E-state index in [1.165, 1.54) is 17.7 Å². The second-order valence-electron chi connectivity index (χ2n) is 8.11. The quantitative estimate of drug-likeness (QED) is 0.410. The second-order valence-corrected chi connectivity index (χ2v) is 8.49. The molecule has 1 aromatic heterocycles. The molecule has 8 heteroatoms. The van der Waals surface area contributed by atoms with Crippen molar-refractivity contribution in [1.29, 1.82) is 0 Å². The number of nitrogens with one attached hydrogen (secondary N) is 2. The van der Waals surface area contributed by atoms with Crippen LogP contribution in [-0.4, -0.2) is 34.6 Å². The molecule has 1 aliphatic rings. The predicted octanol–water partition coefficient (Wildman–Crippen LogP) is 5.00. The first kappa shape index (κ1) is 24.0. The molecule has 2 aromatic rings. The molecular weight excluding hydrogens is 433 g/mol. The summed E-state index contributed by atoms with van der Waals surface area (Å²) in [5.41, 5.74) is 2.33. The number of unbranched alkanes of at least 4 members (excludes halogenated alkanes) is 4. The fraction of sp³-hybridized carbons (Fsp3) is 0.458. The van der Waals surface area contributed by atoms with Crippen LogP contribution in [0.25, 0.3) is 0 Å². The van der Waals surface area contributed by atoms with Crippen molar-refractivity contribution in [2.24, 2.45) is 0 Å². The lowest BCUT2D eigenvalue weighted by molar-refractivity contribution is -0.139. The molecular formula is C24H29ClFN3O3. The van der Waals surface area contributed by atoms with Gasteiger partial charge in [-0.15, -0.1) is 0 Å². The molecule has 0 spiro atoms. The minimum atomic E-state index is -1.11. The van der Waals surface area contributed by atoms with Crippen LogP contribution in [-0.2, 0) is 17.6 Å². The Morgan fingerprint density at radius 2 is 1.94 bits per heavy atom. The molecule has 1 aromatic carbocycles. The summed E-state index contributed by atoms with van der Waals surface area (Å²) in [6.07, 6.45) is 8.08. The maximum Gasteiger partial charge on any atom is 0.326 e. The number of aryl methyl sites for hydroxylation is 2. The highest BCUT2D eigenvalue weighted by atomic mass is 35.5. The number of hydrogen-bond acceptors (Lipinski definition) is 4. The summed E-state index contributed by atoms with van der Waals surface area (Å²) in [7, 11) is 0. The summed E-state index contributed by atoms with van der Waals surface area (Å²) < 4.78 is 13.5. The molecule has 0 saturated heterocycles. The first-order valence-electron chi connectivity index (χ1n) is 11.2. The average Bonchev–Trinajstić information content (AvgIpc) is 2.79. The molecule has 1 unspecified atom stereocenters. The molecule has 1 aliphatic heterocycles. The van der Waals surface area contributed by atoms with Crippen molar-refractivity contribution in [2.45, 2.75) is 63.8 Å². The molecule has 0 aliphatic carbocycles. The molecule has 0 fully saturated rings. The van der Waals surface area contributed by atoms with Gasteiger partial charge in [-0.3, -0.25) is 4.79 Å². The van der Waals surface area contributed by atoms with Crippen LogP contribution in [0.1, 0.15) is 66.6 Å². The number of halogens is 2. The Balaban J connectivity index is 1.35. The highest BCUT2D eigenvalue weighted by molar-refractivity contribution is 6.34. The number of nitrogens with zero attached hydrogens (tertiary/aromatic N) is 1. The van der Waals surface area contributed by atoms with E-state index in [0.29, 0.717) is 12.8 Å². The lowest BCUT2D eigenvalue weighted by atomic mass is 10.0. The highest BCUT2D eigenvalue weighted by Gasteiger charge is 2.22. The fourth-order valence-electron chi connectivity index (χ4n) is 3.87. The zero-order valence-corrected chi connectivity index (χ0v) is 18.8. The smallest absolute Gasteiger partial charge is 0.326 e. The van der Waals surface area contributed by atoms with Crippen LogP contribution >= 0.6 is 11.6 Å². The zero-order valence-electron chi connectivity index (χ0n) is 18.0. The molecule has 0 bridgehead atoms. The van der Waals surface area contributed by atoms with E-state index < -0.39 is 23.7 Å². The number of benzene rings is 1. The second kappa shape index (κ2) is 11.8. The molecule has 0 saturated carbocycles. The van der Waals surface area contributed by atoms with Gasteiger partial charge in [0.25, 0.3) is 5.91 Å². The van der Waals surface area contributed by atoms with Crippen LogP contribution in [0.2, 0.25) is 5.02 Å². The lowest BCUT2D eigenvalue weighted by Crippen LogP contribution is -2.40. The van der Waals surface area contributed by atoms with Crippen LogP contribution < -0.4 is 10.6 Å². The SMILES string of the molecule is O=C(NC(CCCCCCCc1ccc2c(n1)NCCC2)C(=O)O)c1cccc(F)c1Cl. The van der Waals surface area contributed by atoms with Crippen LogP contribution in [0.4, 0.5) is 10.2 Å². The number of amides is 1. The van der Waals surface area contributed by atoms with Crippen molar-refractivity contribution < 1.29 is 19.1 Å². The van der Waals surface area contributed by atoms with Crippen molar-refractivity contribution in [2.75, 3.05) is 11.9 Å². The summed E-state index contributed by atoms with van der Waals surface area (Å²) in [5, 5.41) is 14.9. The van der Waals surface area contributed by atoms with Gasteiger partial charge < -0.3 is 15.7 Å². The van der Waals surface area contributed by atoms with Crippen molar-refractivity contribution in [1.82, 2.24) is 10.3 Å². The van der Waals surface area contributed by atoms with Gasteiger partial charge in [-0.05, 0) is 55.9 Å². The van der Waals surface area contributed by atoms with Crippen molar-refractivity contribution in [3.63, 3.8) is 0 Å². The minimum Gasteiger partial charge on any atom is -0.480 e. The van der Waals surface area contributed by atoms with Crippen LogP contribution in [0.15, 0.2) is 30.3 Å². The molecule has 0 radical (unpaired) electrons. The van der Waals surface area contributed by atoms with Gasteiger partial charge in [-0.25, -0.2) is 14.2 Å². The van der Waals surface area contributed by atoms with E-state index in [2.05, 4.69) is 22.8 Å². The summed E-state index contributed by atoms with van der Waals surface area (Å²) in [4.78, 5) is 28.5. The number of fused-ring (bicyclic) bond motifs is 1. The molecule has 2 heterocycles. The van der Waals surface area contributed by atoms with Gasteiger partial charge in [-0.1, -0.05) is 49.4 Å². The van der Waals surface area contributed by atoms with E-state index in [4.69, 9.17) is 16.6 Å². The Bertz CT molecular complexity index is 954. The van der Waals surface area contributed by atoms with E-state index in [1.807, 2.05) is 0 Å². The van der Waals surface area contributed by atoms with Gasteiger partial charge in [0.1, 0.15) is 17.7 Å². The van der Waals surface area contributed by atoms with E-state index >= 15 is 0 Å². The Morgan fingerprint density at radius 3 is 2.75 bits per heavy atom. The number of aliphatic carboxylic acids is 1. The summed E-state index contributed by atoms with van der Waals surface area (Å²) in [6.45, 7) is 0.983. The van der Waals surface area contributed by atoms with Crippen LogP contribution in [0.3, 0.4) is 0 Å². The summed E-state index contributed by atoms with van der Waals surface area (Å²) in [5.74, 6) is -1.49. The molecule has 1 atom stereocenters. The van der Waals surface area contributed by atoms with Crippen LogP contribution in [0.5, 0.6) is 0 Å². The summed E-state index contributed by atoms with van der Waals surface area (Å²) in [6, 6.07) is 7.12. The number of carboxylic acids is 1. The first-order chi connectivity index (χ1) is 15.5. The maximum atomic E-state index is 13.5. The number of rotatable bonds is 11. The summed E-state index contributed by atoms with van der Waals surface area (Å²) >= 11 is 5.81. The molecule has 1 amide bonds. The normalized spacial score (nSPS) is 13.7. The topological polar surface area (TPSA) is 91.3 Å². The standard InChI is InChI=1S/C24H29ClFN3O3/c25-21-18(10-6-11-19(21)26)23(30)29-20(24(31)32)12-5-3-1-2-4-9-17-14-13-16-8-7-15-27-22(16)28-17/h6,10-11,13-14,20H,1-5,7-9,12,15H2,(H,27,28)(H,29,30)(H,31,32). The largest absolute Gasteiger partial charge is 0.480 e. The minimum absolute atomic E-state index is 0.0658. The third kappa shape index (κ3) is 6.66. The Morgan fingerprint density at radius 1 is 1.16 bits per heavy atom. The van der Waals surface area contributed by atoms with E-state index in [0.717, 1.165) is 69.1 Å². The van der Waals surface area contributed by atoms with Crippen molar-refractivity contribution >= 4 is 29.3 Å². The van der Waals surface area contributed by atoms with Gasteiger partial charge in [0.05, 0.1) is 10.6 Å². The fourth-order valence-corrected chi connectivity index (χ4v) is 4.08. The number of aromatic nitrogens is 1. The molecule has 3 rings (SSSR count).